The lowest BCUT2D eigenvalue weighted by Gasteiger charge is -2.43. The highest BCUT2D eigenvalue weighted by molar-refractivity contribution is 9.10. The van der Waals surface area contributed by atoms with Crippen LogP contribution in [0.2, 0.25) is 10.2 Å². The van der Waals surface area contributed by atoms with Gasteiger partial charge in [-0.25, -0.2) is 4.98 Å². The predicted molar refractivity (Wildman–Crippen MR) is 154 cm³/mol. The second-order valence-electron chi connectivity index (χ2n) is 9.93. The van der Waals surface area contributed by atoms with E-state index in [0.29, 0.717) is 23.2 Å². The quantitative estimate of drug-likeness (QED) is 0.216. The summed E-state index contributed by atoms with van der Waals surface area (Å²) in [6.45, 7) is 2.04. The molecular weight excluding hydrogens is 567 g/mol. The Morgan fingerprint density at radius 2 is 1.59 bits per heavy atom. The van der Waals surface area contributed by atoms with Crippen molar-refractivity contribution in [1.29, 1.82) is 0 Å². The zero-order chi connectivity index (χ0) is 25.4. The van der Waals surface area contributed by atoms with E-state index in [9.17, 15) is 0 Å². The molecule has 2 heterocycles. The predicted octanol–water partition coefficient (Wildman–Crippen LogP) is 8.66. The fourth-order valence-electron chi connectivity index (χ4n) is 5.78. The molecule has 37 heavy (non-hydrogen) atoms. The van der Waals surface area contributed by atoms with Gasteiger partial charge in [0.2, 0.25) is 0 Å². The van der Waals surface area contributed by atoms with Gasteiger partial charge < -0.3 is 9.64 Å². The summed E-state index contributed by atoms with van der Waals surface area (Å²) in [7, 11) is 0. The van der Waals surface area contributed by atoms with Gasteiger partial charge >= 0.3 is 0 Å². The molecule has 1 aliphatic carbocycles. The summed E-state index contributed by atoms with van der Waals surface area (Å²) in [5.74, 6) is 0. The molecule has 0 amide bonds. The highest BCUT2D eigenvalue weighted by Gasteiger charge is 2.44. The van der Waals surface area contributed by atoms with E-state index in [1.165, 1.54) is 27.9 Å². The summed E-state index contributed by atoms with van der Waals surface area (Å²) < 4.78 is 7.82. The van der Waals surface area contributed by atoms with Crippen molar-refractivity contribution in [3.05, 3.63) is 127 Å². The van der Waals surface area contributed by atoms with Gasteiger partial charge in [0.1, 0.15) is 10.8 Å². The van der Waals surface area contributed by atoms with Crippen LogP contribution >= 0.6 is 39.1 Å². The number of rotatable bonds is 5. The number of hydrogen-bond donors (Lipinski definition) is 0. The van der Waals surface area contributed by atoms with E-state index < -0.39 is 5.60 Å². The van der Waals surface area contributed by atoms with E-state index in [1.54, 1.807) is 6.07 Å². The highest BCUT2D eigenvalue weighted by atomic mass is 79.9. The van der Waals surface area contributed by atoms with Gasteiger partial charge in [-0.3, -0.25) is 0 Å². The van der Waals surface area contributed by atoms with Crippen molar-refractivity contribution in [2.45, 2.75) is 51.0 Å². The molecule has 0 bridgehead atoms. The Morgan fingerprint density at radius 3 is 2.27 bits per heavy atom. The minimum absolute atomic E-state index is 0.432. The summed E-state index contributed by atoms with van der Waals surface area (Å²) in [4.78, 5) is 7.12. The van der Waals surface area contributed by atoms with E-state index in [-0.39, 0.29) is 0 Å². The number of ether oxygens (including phenoxy) is 1. The van der Waals surface area contributed by atoms with Crippen LogP contribution in [0.15, 0.2) is 83.3 Å². The Morgan fingerprint density at radius 1 is 0.919 bits per heavy atom. The molecule has 2 aliphatic rings. The molecule has 6 rings (SSSR count). The van der Waals surface area contributed by atoms with E-state index in [0.717, 1.165) is 48.1 Å². The van der Waals surface area contributed by atoms with Gasteiger partial charge in [0.25, 0.3) is 0 Å². The van der Waals surface area contributed by atoms with Crippen molar-refractivity contribution in [2.75, 3.05) is 4.90 Å². The average molecular weight is 594 g/mol. The van der Waals surface area contributed by atoms with Crippen LogP contribution in [-0.2, 0) is 42.9 Å². The first-order chi connectivity index (χ1) is 18.0. The average Bonchev–Trinajstić information content (AvgIpc) is 2.89. The number of halogens is 3. The summed E-state index contributed by atoms with van der Waals surface area (Å²) in [5.41, 5.74) is 7.72. The molecule has 1 atom stereocenters. The minimum atomic E-state index is -0.457. The Labute approximate surface area is 236 Å². The lowest BCUT2D eigenvalue weighted by atomic mass is 9.74. The molecule has 0 saturated heterocycles. The van der Waals surface area contributed by atoms with Crippen molar-refractivity contribution < 1.29 is 4.74 Å². The van der Waals surface area contributed by atoms with E-state index in [1.807, 2.05) is 0 Å². The van der Waals surface area contributed by atoms with E-state index >= 15 is 0 Å². The lowest BCUT2D eigenvalue weighted by molar-refractivity contribution is -0.0858. The highest BCUT2D eigenvalue weighted by Crippen LogP contribution is 2.50. The maximum atomic E-state index is 6.72. The van der Waals surface area contributed by atoms with Gasteiger partial charge in [-0.05, 0) is 64.0 Å². The van der Waals surface area contributed by atoms with Crippen molar-refractivity contribution in [3.8, 4) is 0 Å². The fraction of sp³-hybridized carbons (Fsp3) is 0.258. The first-order valence-corrected chi connectivity index (χ1v) is 14.2. The molecule has 1 aliphatic heterocycles. The molecule has 0 fully saturated rings. The van der Waals surface area contributed by atoms with Gasteiger partial charge in [0.05, 0.1) is 23.0 Å². The van der Waals surface area contributed by atoms with Gasteiger partial charge in [0, 0.05) is 35.1 Å². The molecule has 0 saturated carbocycles. The second-order valence-corrected chi connectivity index (χ2v) is 11.5. The first-order valence-electron chi connectivity index (χ1n) is 12.6. The smallest absolute Gasteiger partial charge is 0.130 e. The van der Waals surface area contributed by atoms with Gasteiger partial charge in [0.15, 0.2) is 0 Å². The number of fused-ring (bicyclic) bond motifs is 3. The standard InChI is InChI=1S/C31H27BrCl2N2O/c32-30-27(36(18-21-8-3-1-4-9-21)19-22-10-5-2-6-11-22)14-13-23-12-7-15-31(29(23)30)17-26-24(20-37-31)25(33)16-28(34)35-26/h1-6,8-11,13-14,16H,7,12,15,17-20H2/t31-/m0/s1. The molecule has 6 heteroatoms. The summed E-state index contributed by atoms with van der Waals surface area (Å²) in [5, 5.41) is 1.06. The molecule has 3 nitrogen and oxygen atoms in total. The molecule has 1 aromatic heterocycles. The third kappa shape index (κ3) is 4.93. The first kappa shape index (κ1) is 24.9. The van der Waals surface area contributed by atoms with Crippen LogP contribution in [0.3, 0.4) is 0 Å². The van der Waals surface area contributed by atoms with Crippen LogP contribution in [0.1, 0.15) is 46.4 Å². The minimum Gasteiger partial charge on any atom is -0.365 e. The molecule has 3 aromatic carbocycles. The van der Waals surface area contributed by atoms with Crippen molar-refractivity contribution in [2.24, 2.45) is 0 Å². The molecular formula is C31H27BrCl2N2O. The SMILES string of the molecule is Clc1cc(Cl)c2c(n1)C[C@]1(CCCc3ccc(N(Cc4ccccc4)Cc4ccccc4)c(Br)c31)OC2. The molecule has 4 aromatic rings. The Kier molecular flexibility index (Phi) is 7.02. The Hall–Kier alpha value is -2.37. The number of aryl methyl sites for hydroxylation is 1. The van der Waals surface area contributed by atoms with Gasteiger partial charge in [-0.15, -0.1) is 0 Å². The van der Waals surface area contributed by atoms with Crippen molar-refractivity contribution >= 4 is 44.8 Å². The van der Waals surface area contributed by atoms with Crippen LogP contribution in [0.25, 0.3) is 0 Å². The van der Waals surface area contributed by atoms with Gasteiger partial charge in [-0.1, -0.05) is 89.9 Å². The Balaban J connectivity index is 1.43. The van der Waals surface area contributed by atoms with Crippen LogP contribution < -0.4 is 4.90 Å². The number of nitrogens with zero attached hydrogens (tertiary/aromatic N) is 2. The molecule has 0 N–H and O–H groups in total. The van der Waals surface area contributed by atoms with Gasteiger partial charge in [-0.2, -0.15) is 0 Å². The third-order valence-electron chi connectivity index (χ3n) is 7.53. The van der Waals surface area contributed by atoms with E-state index in [2.05, 4.69) is 98.6 Å². The van der Waals surface area contributed by atoms with Crippen molar-refractivity contribution in [1.82, 2.24) is 4.98 Å². The fourth-order valence-corrected chi connectivity index (χ4v) is 7.32. The van der Waals surface area contributed by atoms with Crippen LogP contribution in [0.4, 0.5) is 5.69 Å². The largest absolute Gasteiger partial charge is 0.365 e. The zero-order valence-corrected chi connectivity index (χ0v) is 23.5. The summed E-state index contributed by atoms with van der Waals surface area (Å²) >= 11 is 16.9. The number of hydrogen-bond acceptors (Lipinski definition) is 3. The maximum Gasteiger partial charge on any atom is 0.130 e. The lowest BCUT2D eigenvalue weighted by Crippen LogP contribution is -2.40. The van der Waals surface area contributed by atoms with Crippen LogP contribution in [-0.4, -0.2) is 4.98 Å². The topological polar surface area (TPSA) is 25.4 Å². The number of benzene rings is 3. The third-order valence-corrected chi connectivity index (χ3v) is 8.87. The molecule has 0 radical (unpaired) electrons. The molecule has 0 unspecified atom stereocenters. The number of pyridine rings is 1. The monoisotopic (exact) mass is 592 g/mol. The zero-order valence-electron chi connectivity index (χ0n) is 20.4. The summed E-state index contributed by atoms with van der Waals surface area (Å²) in [6, 6.07) is 27.5. The van der Waals surface area contributed by atoms with E-state index in [4.69, 9.17) is 27.9 Å². The van der Waals surface area contributed by atoms with Crippen LogP contribution in [0, 0.1) is 0 Å². The Bertz CT molecular complexity index is 1390. The van der Waals surface area contributed by atoms with Crippen molar-refractivity contribution in [3.63, 3.8) is 0 Å². The summed E-state index contributed by atoms with van der Waals surface area (Å²) in [6.07, 6.45) is 3.70. The molecule has 188 valence electrons. The normalized spacial score (nSPS) is 18.4. The second kappa shape index (κ2) is 10.4. The maximum absolute atomic E-state index is 6.72. The molecule has 1 spiro atoms. The number of aromatic nitrogens is 1. The van der Waals surface area contributed by atoms with Crippen LogP contribution in [0.5, 0.6) is 0 Å². The number of anilines is 1.